The zero-order valence-electron chi connectivity index (χ0n) is 7.94. The van der Waals surface area contributed by atoms with E-state index < -0.39 is 0 Å². The van der Waals surface area contributed by atoms with Gasteiger partial charge in [-0.3, -0.25) is 0 Å². The summed E-state index contributed by atoms with van der Waals surface area (Å²) in [5, 5.41) is 8.73. The quantitative estimate of drug-likeness (QED) is 0.662. The van der Waals surface area contributed by atoms with Crippen LogP contribution in [-0.2, 0) is 0 Å². The van der Waals surface area contributed by atoms with Crippen LogP contribution >= 0.6 is 0 Å². The molecule has 0 saturated carbocycles. The molecule has 0 aromatic carbocycles. The van der Waals surface area contributed by atoms with Crippen LogP contribution in [-0.4, -0.2) is 29.1 Å². The monoisotopic (exact) mass is 189 g/mol. The molecule has 72 valence electrons. The molecule has 0 spiro atoms. The second-order valence-electron chi connectivity index (χ2n) is 3.44. The first-order valence-electron chi connectivity index (χ1n) is 4.45. The Morgan fingerprint density at radius 3 is 2.86 bits per heavy atom. The van der Waals surface area contributed by atoms with Crippen molar-refractivity contribution in [3.05, 3.63) is 17.6 Å². The highest BCUT2D eigenvalue weighted by molar-refractivity contribution is 5.45. The molecule has 14 heavy (non-hydrogen) atoms. The lowest BCUT2D eigenvalue weighted by Gasteiger charge is -2.37. The van der Waals surface area contributed by atoms with Crippen LogP contribution in [0.5, 0.6) is 0 Å². The number of nitrogens with two attached hydrogens (primary N) is 1. The van der Waals surface area contributed by atoms with Gasteiger partial charge in [-0.2, -0.15) is 5.26 Å². The molecule has 0 atom stereocenters. The minimum absolute atomic E-state index is 0.232. The largest absolute Gasteiger partial charge is 0.353 e. The summed E-state index contributed by atoms with van der Waals surface area (Å²) >= 11 is 0. The maximum absolute atomic E-state index is 8.73. The van der Waals surface area contributed by atoms with Crippen molar-refractivity contribution in [2.24, 2.45) is 5.73 Å². The highest BCUT2D eigenvalue weighted by Gasteiger charge is 2.24. The summed E-state index contributed by atoms with van der Waals surface area (Å²) in [4.78, 5) is 10.3. The standard InChI is InChI=1S/C9H11N5/c1-6-12-8(3-10)2-9(13-6)14-4-7(11)5-14/h2,7H,4-5,11H2,1H3. The zero-order chi connectivity index (χ0) is 10.1. The van der Waals surface area contributed by atoms with Crippen LogP contribution in [0.15, 0.2) is 6.07 Å². The number of aryl methyl sites for hydroxylation is 1. The lowest BCUT2D eigenvalue weighted by Crippen LogP contribution is -2.56. The van der Waals surface area contributed by atoms with E-state index in [0.717, 1.165) is 18.9 Å². The predicted molar refractivity (Wildman–Crippen MR) is 51.7 cm³/mol. The molecule has 1 aromatic heterocycles. The number of anilines is 1. The topological polar surface area (TPSA) is 78.8 Å². The van der Waals surface area contributed by atoms with Crippen LogP contribution in [0.2, 0.25) is 0 Å². The Morgan fingerprint density at radius 1 is 1.57 bits per heavy atom. The van der Waals surface area contributed by atoms with Gasteiger partial charge in [-0.1, -0.05) is 0 Å². The van der Waals surface area contributed by atoms with Gasteiger partial charge in [0.15, 0.2) is 0 Å². The van der Waals surface area contributed by atoms with E-state index in [2.05, 4.69) is 9.97 Å². The first-order valence-corrected chi connectivity index (χ1v) is 4.45. The zero-order valence-corrected chi connectivity index (χ0v) is 7.94. The van der Waals surface area contributed by atoms with Crippen molar-refractivity contribution in [1.82, 2.24) is 9.97 Å². The summed E-state index contributed by atoms with van der Waals surface area (Å²) in [7, 11) is 0. The van der Waals surface area contributed by atoms with Crippen molar-refractivity contribution in [3.8, 4) is 6.07 Å². The molecular weight excluding hydrogens is 178 g/mol. The maximum atomic E-state index is 8.73. The number of nitrogens with zero attached hydrogens (tertiary/aromatic N) is 4. The minimum Gasteiger partial charge on any atom is -0.353 e. The van der Waals surface area contributed by atoms with E-state index in [1.54, 1.807) is 13.0 Å². The lowest BCUT2D eigenvalue weighted by molar-refractivity contribution is 0.513. The van der Waals surface area contributed by atoms with E-state index in [-0.39, 0.29) is 6.04 Å². The van der Waals surface area contributed by atoms with E-state index in [9.17, 15) is 0 Å². The highest BCUT2D eigenvalue weighted by atomic mass is 15.3. The summed E-state index contributed by atoms with van der Waals surface area (Å²) in [6.45, 7) is 3.40. The average Bonchev–Trinajstić information content (AvgIpc) is 2.12. The van der Waals surface area contributed by atoms with E-state index in [4.69, 9.17) is 11.0 Å². The Labute approximate surface area is 82.2 Å². The Balaban J connectivity index is 2.26. The van der Waals surface area contributed by atoms with Crippen molar-refractivity contribution >= 4 is 5.82 Å². The van der Waals surface area contributed by atoms with Gasteiger partial charge in [0.1, 0.15) is 23.4 Å². The van der Waals surface area contributed by atoms with Crippen LogP contribution in [0.3, 0.4) is 0 Å². The van der Waals surface area contributed by atoms with Crippen molar-refractivity contribution in [1.29, 1.82) is 5.26 Å². The molecule has 1 aromatic rings. The van der Waals surface area contributed by atoms with Gasteiger partial charge in [0.05, 0.1) is 0 Å². The second-order valence-corrected chi connectivity index (χ2v) is 3.44. The van der Waals surface area contributed by atoms with Crippen LogP contribution in [0.4, 0.5) is 5.82 Å². The number of rotatable bonds is 1. The molecular formula is C9H11N5. The summed E-state index contributed by atoms with van der Waals surface area (Å²) < 4.78 is 0. The van der Waals surface area contributed by atoms with Crippen LogP contribution in [0, 0.1) is 18.3 Å². The molecule has 5 nitrogen and oxygen atoms in total. The summed E-state index contributed by atoms with van der Waals surface area (Å²) in [6.07, 6.45) is 0. The molecule has 0 radical (unpaired) electrons. The fourth-order valence-corrected chi connectivity index (χ4v) is 1.47. The maximum Gasteiger partial charge on any atom is 0.146 e. The normalized spacial score (nSPS) is 16.2. The third kappa shape index (κ3) is 1.52. The summed E-state index contributed by atoms with van der Waals surface area (Å²) in [6, 6.07) is 3.94. The van der Waals surface area contributed by atoms with Gasteiger partial charge in [0.2, 0.25) is 0 Å². The number of hydrogen-bond acceptors (Lipinski definition) is 5. The van der Waals surface area contributed by atoms with Crippen LogP contribution in [0.25, 0.3) is 0 Å². The Bertz CT molecular complexity index is 389. The van der Waals surface area contributed by atoms with Crippen LogP contribution in [0.1, 0.15) is 11.5 Å². The van der Waals surface area contributed by atoms with E-state index in [0.29, 0.717) is 11.5 Å². The number of aromatic nitrogens is 2. The van der Waals surface area contributed by atoms with Crippen molar-refractivity contribution < 1.29 is 0 Å². The van der Waals surface area contributed by atoms with E-state index >= 15 is 0 Å². The van der Waals surface area contributed by atoms with Gasteiger partial charge in [0, 0.05) is 25.2 Å². The molecule has 0 aliphatic carbocycles. The molecule has 2 N–H and O–H groups in total. The number of hydrogen-bond donors (Lipinski definition) is 1. The molecule has 1 aliphatic rings. The SMILES string of the molecule is Cc1nc(C#N)cc(N2CC(N)C2)n1. The molecule has 0 unspecified atom stereocenters. The van der Waals surface area contributed by atoms with Gasteiger partial charge >= 0.3 is 0 Å². The predicted octanol–water partition coefficient (Wildman–Crippen LogP) is -0.196. The molecule has 1 saturated heterocycles. The highest BCUT2D eigenvalue weighted by Crippen LogP contribution is 2.17. The first-order chi connectivity index (χ1) is 6.69. The molecule has 1 fully saturated rings. The van der Waals surface area contributed by atoms with Crippen molar-refractivity contribution in [3.63, 3.8) is 0 Å². The van der Waals surface area contributed by atoms with E-state index in [1.165, 1.54) is 0 Å². The average molecular weight is 189 g/mol. The van der Waals surface area contributed by atoms with E-state index in [1.807, 2.05) is 11.0 Å². The Morgan fingerprint density at radius 2 is 2.29 bits per heavy atom. The molecule has 1 aliphatic heterocycles. The third-order valence-corrected chi connectivity index (χ3v) is 2.17. The second kappa shape index (κ2) is 3.24. The van der Waals surface area contributed by atoms with Gasteiger partial charge in [-0.05, 0) is 6.92 Å². The third-order valence-electron chi connectivity index (χ3n) is 2.17. The van der Waals surface area contributed by atoms with Crippen LogP contribution < -0.4 is 10.6 Å². The molecule has 0 bridgehead atoms. The molecule has 2 heterocycles. The lowest BCUT2D eigenvalue weighted by atomic mass is 10.1. The summed E-state index contributed by atoms with van der Waals surface area (Å²) in [5.41, 5.74) is 6.07. The Hall–Kier alpha value is -1.67. The van der Waals surface area contributed by atoms with Gasteiger partial charge < -0.3 is 10.6 Å². The van der Waals surface area contributed by atoms with Crippen molar-refractivity contribution in [2.75, 3.05) is 18.0 Å². The first kappa shape index (κ1) is 8.91. The minimum atomic E-state index is 0.232. The van der Waals surface area contributed by atoms with Gasteiger partial charge in [-0.25, -0.2) is 9.97 Å². The molecule has 0 amide bonds. The fraction of sp³-hybridized carbons (Fsp3) is 0.444. The smallest absolute Gasteiger partial charge is 0.146 e. The molecule has 5 heteroatoms. The van der Waals surface area contributed by atoms with Gasteiger partial charge in [0.25, 0.3) is 0 Å². The van der Waals surface area contributed by atoms with Gasteiger partial charge in [-0.15, -0.1) is 0 Å². The fourth-order valence-electron chi connectivity index (χ4n) is 1.47. The molecule has 2 rings (SSSR count). The summed E-state index contributed by atoms with van der Waals surface area (Å²) in [5.74, 6) is 1.43. The Kier molecular flexibility index (Phi) is 2.06. The van der Waals surface area contributed by atoms with Crippen molar-refractivity contribution in [2.45, 2.75) is 13.0 Å². The number of nitriles is 1.